The van der Waals surface area contributed by atoms with E-state index in [2.05, 4.69) is 24.1 Å². The Morgan fingerprint density at radius 2 is 1.89 bits per heavy atom. The number of rotatable bonds is 6. The maximum absolute atomic E-state index is 12.4. The van der Waals surface area contributed by atoms with Crippen molar-refractivity contribution < 1.29 is 14.3 Å². The fraction of sp³-hybridized carbons (Fsp3) is 0.381. The molecule has 3 rings (SSSR count). The van der Waals surface area contributed by atoms with Gasteiger partial charge in [-0.2, -0.15) is 0 Å². The highest BCUT2D eigenvalue weighted by Crippen LogP contribution is 2.34. The van der Waals surface area contributed by atoms with Crippen LogP contribution in [0.25, 0.3) is 0 Å². The molecule has 1 heterocycles. The van der Waals surface area contributed by atoms with Crippen LogP contribution in [0, 0.1) is 0 Å². The first kappa shape index (κ1) is 19.5. The molecule has 0 aliphatic carbocycles. The Hall–Kier alpha value is -2.24. The molecule has 0 saturated carbocycles. The van der Waals surface area contributed by atoms with Crippen LogP contribution in [0.2, 0.25) is 5.02 Å². The third-order valence-corrected chi connectivity index (χ3v) is 4.81. The molecule has 2 aromatic rings. The molecule has 6 heteroatoms. The van der Waals surface area contributed by atoms with Crippen molar-refractivity contribution >= 4 is 28.9 Å². The highest BCUT2D eigenvalue weighted by molar-refractivity contribution is 6.34. The van der Waals surface area contributed by atoms with Crippen molar-refractivity contribution in [3.05, 3.63) is 53.1 Å². The van der Waals surface area contributed by atoms with Gasteiger partial charge in [0.2, 0.25) is 0 Å². The number of hydrogen-bond donors (Lipinski definition) is 1. The van der Waals surface area contributed by atoms with Gasteiger partial charge in [0.1, 0.15) is 5.75 Å². The minimum absolute atomic E-state index is 0.0594. The topological polar surface area (TPSA) is 50.8 Å². The van der Waals surface area contributed by atoms with Crippen LogP contribution in [-0.4, -0.2) is 38.8 Å². The number of nitrogens with one attached hydrogen (secondary N) is 1. The summed E-state index contributed by atoms with van der Waals surface area (Å²) in [6, 6.07) is 13.3. The first-order chi connectivity index (χ1) is 13.0. The van der Waals surface area contributed by atoms with Crippen molar-refractivity contribution in [2.45, 2.75) is 19.8 Å². The van der Waals surface area contributed by atoms with Gasteiger partial charge in [-0.25, -0.2) is 0 Å². The fourth-order valence-corrected chi connectivity index (χ4v) is 3.30. The van der Waals surface area contributed by atoms with Gasteiger partial charge in [-0.05, 0) is 35.7 Å². The Bertz CT molecular complexity index is 771. The number of halogens is 1. The molecule has 0 aromatic heterocycles. The van der Waals surface area contributed by atoms with E-state index in [1.807, 2.05) is 42.5 Å². The van der Waals surface area contributed by atoms with Gasteiger partial charge in [-0.1, -0.05) is 43.6 Å². The van der Waals surface area contributed by atoms with Crippen LogP contribution in [0.15, 0.2) is 42.5 Å². The molecule has 144 valence electrons. The number of carbonyl (C=O) groups is 1. The van der Waals surface area contributed by atoms with E-state index in [0.717, 1.165) is 18.8 Å². The van der Waals surface area contributed by atoms with Crippen LogP contribution >= 0.6 is 11.6 Å². The molecule has 0 bridgehead atoms. The average molecular weight is 389 g/mol. The van der Waals surface area contributed by atoms with Crippen LogP contribution < -0.4 is 15.0 Å². The van der Waals surface area contributed by atoms with E-state index in [4.69, 9.17) is 21.1 Å². The van der Waals surface area contributed by atoms with E-state index in [-0.39, 0.29) is 12.5 Å². The second-order valence-corrected chi connectivity index (χ2v) is 7.20. The summed E-state index contributed by atoms with van der Waals surface area (Å²) < 4.78 is 11.0. The van der Waals surface area contributed by atoms with Crippen LogP contribution in [0.5, 0.6) is 5.75 Å². The largest absolute Gasteiger partial charge is 0.484 e. The Kier molecular flexibility index (Phi) is 6.58. The van der Waals surface area contributed by atoms with E-state index in [0.29, 0.717) is 35.6 Å². The number of ether oxygens (including phenoxy) is 2. The lowest BCUT2D eigenvalue weighted by Crippen LogP contribution is -2.37. The van der Waals surface area contributed by atoms with Crippen molar-refractivity contribution in [3.63, 3.8) is 0 Å². The fourth-order valence-electron chi connectivity index (χ4n) is 3.01. The minimum Gasteiger partial charge on any atom is -0.484 e. The lowest BCUT2D eigenvalue weighted by molar-refractivity contribution is -0.118. The normalized spacial score (nSPS) is 14.3. The maximum atomic E-state index is 12.4. The lowest BCUT2D eigenvalue weighted by Gasteiger charge is -2.31. The smallest absolute Gasteiger partial charge is 0.262 e. The molecule has 2 aromatic carbocycles. The molecule has 1 aliphatic rings. The third-order valence-electron chi connectivity index (χ3n) is 4.50. The summed E-state index contributed by atoms with van der Waals surface area (Å²) >= 11 is 6.39. The molecule has 1 fully saturated rings. The first-order valence-corrected chi connectivity index (χ1v) is 9.56. The summed E-state index contributed by atoms with van der Waals surface area (Å²) in [6.45, 7) is 7.00. The summed E-state index contributed by atoms with van der Waals surface area (Å²) in [4.78, 5) is 14.5. The Morgan fingerprint density at radius 1 is 1.19 bits per heavy atom. The van der Waals surface area contributed by atoms with Gasteiger partial charge in [-0.3, -0.25) is 4.79 Å². The molecule has 0 radical (unpaired) electrons. The quantitative estimate of drug-likeness (QED) is 0.800. The van der Waals surface area contributed by atoms with Crippen molar-refractivity contribution in [1.29, 1.82) is 0 Å². The molecule has 1 aliphatic heterocycles. The Balaban J connectivity index is 1.63. The molecule has 5 nitrogen and oxygen atoms in total. The molecule has 0 unspecified atom stereocenters. The molecular formula is C21H25ClN2O3. The number of carbonyl (C=O) groups excluding carboxylic acids is 1. The average Bonchev–Trinajstić information content (AvgIpc) is 2.67. The van der Waals surface area contributed by atoms with Crippen LogP contribution in [0.4, 0.5) is 11.4 Å². The van der Waals surface area contributed by atoms with Gasteiger partial charge in [0, 0.05) is 13.1 Å². The molecule has 1 saturated heterocycles. The molecule has 0 spiro atoms. The molecule has 1 amide bonds. The number of benzene rings is 2. The van der Waals surface area contributed by atoms with Gasteiger partial charge >= 0.3 is 0 Å². The van der Waals surface area contributed by atoms with E-state index < -0.39 is 0 Å². The first-order valence-electron chi connectivity index (χ1n) is 9.18. The van der Waals surface area contributed by atoms with Gasteiger partial charge in [-0.15, -0.1) is 0 Å². The zero-order chi connectivity index (χ0) is 19.2. The zero-order valence-corrected chi connectivity index (χ0v) is 16.5. The van der Waals surface area contributed by atoms with Crippen LogP contribution in [0.1, 0.15) is 25.3 Å². The summed E-state index contributed by atoms with van der Waals surface area (Å²) in [5.74, 6) is 0.914. The van der Waals surface area contributed by atoms with Gasteiger partial charge < -0.3 is 19.7 Å². The Morgan fingerprint density at radius 3 is 2.56 bits per heavy atom. The summed E-state index contributed by atoms with van der Waals surface area (Å²) in [5, 5.41) is 3.53. The zero-order valence-electron chi connectivity index (χ0n) is 15.7. The van der Waals surface area contributed by atoms with Gasteiger partial charge in [0.25, 0.3) is 5.91 Å². The standard InChI is InChI=1S/C21H25ClN2O3/c1-15(2)16-6-8-17(9-7-16)27-14-20(25)23-19-5-3-4-18(22)21(19)24-10-12-26-13-11-24/h3-9,15H,10-14H2,1-2H3,(H,23,25). The lowest BCUT2D eigenvalue weighted by atomic mass is 10.0. The number of amides is 1. The molecule has 27 heavy (non-hydrogen) atoms. The second-order valence-electron chi connectivity index (χ2n) is 6.80. The summed E-state index contributed by atoms with van der Waals surface area (Å²) in [5.41, 5.74) is 2.76. The highest BCUT2D eigenvalue weighted by Gasteiger charge is 2.19. The van der Waals surface area contributed by atoms with Crippen molar-refractivity contribution in [3.8, 4) is 5.75 Å². The highest BCUT2D eigenvalue weighted by atomic mass is 35.5. The van der Waals surface area contributed by atoms with Crippen molar-refractivity contribution in [2.75, 3.05) is 43.1 Å². The van der Waals surface area contributed by atoms with E-state index >= 15 is 0 Å². The minimum atomic E-state index is -0.222. The SMILES string of the molecule is CC(C)c1ccc(OCC(=O)Nc2cccc(Cl)c2N2CCOCC2)cc1. The van der Waals surface area contributed by atoms with Crippen molar-refractivity contribution in [2.24, 2.45) is 0 Å². The van der Waals surface area contributed by atoms with E-state index in [1.54, 1.807) is 0 Å². The molecule has 0 atom stereocenters. The van der Waals surface area contributed by atoms with E-state index in [9.17, 15) is 4.79 Å². The summed E-state index contributed by atoms with van der Waals surface area (Å²) in [7, 11) is 0. The Labute approximate surface area is 165 Å². The third kappa shape index (κ3) is 5.15. The maximum Gasteiger partial charge on any atom is 0.262 e. The molecule has 1 N–H and O–H groups in total. The predicted octanol–water partition coefficient (Wildman–Crippen LogP) is 4.32. The number of anilines is 2. The monoisotopic (exact) mass is 388 g/mol. The molecular weight excluding hydrogens is 364 g/mol. The predicted molar refractivity (Wildman–Crippen MR) is 109 cm³/mol. The van der Waals surface area contributed by atoms with Crippen LogP contribution in [-0.2, 0) is 9.53 Å². The number of hydrogen-bond acceptors (Lipinski definition) is 4. The summed E-state index contributed by atoms with van der Waals surface area (Å²) in [6.07, 6.45) is 0. The van der Waals surface area contributed by atoms with Gasteiger partial charge in [0.15, 0.2) is 6.61 Å². The number of morpholine rings is 1. The van der Waals surface area contributed by atoms with Gasteiger partial charge in [0.05, 0.1) is 29.6 Å². The number of nitrogens with zero attached hydrogens (tertiary/aromatic N) is 1. The number of para-hydroxylation sites is 1. The van der Waals surface area contributed by atoms with Crippen LogP contribution in [0.3, 0.4) is 0 Å². The van der Waals surface area contributed by atoms with Crippen molar-refractivity contribution in [1.82, 2.24) is 0 Å². The van der Waals surface area contributed by atoms with E-state index in [1.165, 1.54) is 5.56 Å². The second kappa shape index (κ2) is 9.11.